The van der Waals surface area contributed by atoms with Crippen molar-refractivity contribution in [3.63, 3.8) is 0 Å². The number of ether oxygens (including phenoxy) is 1. The number of carbonyl (C=O) groups excluding carboxylic acids is 1. The highest BCUT2D eigenvalue weighted by atomic mass is 32.1. The number of nitrogens with one attached hydrogen (secondary N) is 1. The Morgan fingerprint density at radius 1 is 1.38 bits per heavy atom. The minimum absolute atomic E-state index is 0.105. The van der Waals surface area contributed by atoms with E-state index in [0.717, 1.165) is 35.7 Å². The Morgan fingerprint density at radius 3 is 2.79 bits per heavy atom. The van der Waals surface area contributed by atoms with Gasteiger partial charge in [-0.2, -0.15) is 0 Å². The summed E-state index contributed by atoms with van der Waals surface area (Å²) in [6, 6.07) is 7.87. The van der Waals surface area contributed by atoms with Crippen LogP contribution in [0.1, 0.15) is 35.5 Å². The molecule has 2 aromatic rings. The zero-order valence-corrected chi connectivity index (χ0v) is 14.6. The first-order chi connectivity index (χ1) is 11.5. The van der Waals surface area contributed by atoms with Crippen LogP contribution >= 0.6 is 11.3 Å². The van der Waals surface area contributed by atoms with Crippen LogP contribution < -0.4 is 10.1 Å². The van der Waals surface area contributed by atoms with Crippen LogP contribution in [-0.2, 0) is 17.8 Å². The summed E-state index contributed by atoms with van der Waals surface area (Å²) in [5.41, 5.74) is 1.24. The summed E-state index contributed by atoms with van der Waals surface area (Å²) in [5.74, 6) is 0.704. The molecule has 1 saturated carbocycles. The maximum atomic E-state index is 11.9. The second-order valence-corrected chi connectivity index (χ2v) is 7.31. The number of aliphatic hydroxyl groups is 1. The number of amides is 1. The fraction of sp³-hybridized carbons (Fsp3) is 0.444. The lowest BCUT2D eigenvalue weighted by Gasteiger charge is -2.36. The minimum Gasteiger partial charge on any atom is -0.486 e. The summed E-state index contributed by atoms with van der Waals surface area (Å²) >= 11 is 1.49. The van der Waals surface area contributed by atoms with Gasteiger partial charge in [0.05, 0.1) is 17.7 Å². The normalized spacial score (nSPS) is 15.6. The Bertz CT molecular complexity index is 693. The van der Waals surface area contributed by atoms with Crippen molar-refractivity contribution in [1.29, 1.82) is 0 Å². The molecular weight excluding hydrogens is 324 g/mol. The van der Waals surface area contributed by atoms with E-state index in [1.165, 1.54) is 16.9 Å². The van der Waals surface area contributed by atoms with Gasteiger partial charge in [-0.3, -0.25) is 4.79 Å². The van der Waals surface area contributed by atoms with Crippen LogP contribution in [0.15, 0.2) is 29.6 Å². The van der Waals surface area contributed by atoms with Crippen molar-refractivity contribution in [2.75, 3.05) is 6.54 Å². The molecule has 0 atom stereocenters. The third kappa shape index (κ3) is 4.55. The first kappa shape index (κ1) is 16.9. The number of aryl methyl sites for hydroxylation is 1. The van der Waals surface area contributed by atoms with Crippen molar-refractivity contribution < 1.29 is 14.6 Å². The van der Waals surface area contributed by atoms with Crippen molar-refractivity contribution in [3.8, 4) is 5.75 Å². The highest BCUT2D eigenvalue weighted by molar-refractivity contribution is 7.09. The van der Waals surface area contributed by atoms with Gasteiger partial charge in [0.2, 0.25) is 5.91 Å². The number of hydrogen-bond donors (Lipinski definition) is 2. The van der Waals surface area contributed by atoms with Crippen molar-refractivity contribution in [1.82, 2.24) is 10.3 Å². The van der Waals surface area contributed by atoms with Crippen LogP contribution in [0.4, 0.5) is 0 Å². The van der Waals surface area contributed by atoms with Gasteiger partial charge in [-0.1, -0.05) is 17.7 Å². The van der Waals surface area contributed by atoms with Gasteiger partial charge in [0.25, 0.3) is 0 Å². The van der Waals surface area contributed by atoms with Gasteiger partial charge < -0.3 is 15.2 Å². The van der Waals surface area contributed by atoms with Gasteiger partial charge in [0, 0.05) is 11.9 Å². The summed E-state index contributed by atoms with van der Waals surface area (Å²) in [5, 5.41) is 15.5. The van der Waals surface area contributed by atoms with Crippen LogP contribution in [0.25, 0.3) is 0 Å². The van der Waals surface area contributed by atoms with Gasteiger partial charge in [0.15, 0.2) is 0 Å². The first-order valence-corrected chi connectivity index (χ1v) is 9.02. The average Bonchev–Trinajstić information content (AvgIpc) is 2.98. The van der Waals surface area contributed by atoms with Crippen LogP contribution in [-0.4, -0.2) is 28.1 Å². The van der Waals surface area contributed by atoms with E-state index in [1.807, 2.05) is 36.6 Å². The Morgan fingerprint density at radius 2 is 2.12 bits per heavy atom. The van der Waals surface area contributed by atoms with Crippen LogP contribution in [0.5, 0.6) is 5.75 Å². The highest BCUT2D eigenvalue weighted by Crippen LogP contribution is 2.30. The standard InChI is InChI=1S/C18H22N2O3S/c1-13-3-5-15(6-4-13)23-10-17-20-14(11-24-17)9-16(21)19-12-18(22)7-2-8-18/h3-6,11,22H,2,7-10,12H2,1H3,(H,19,21). The van der Waals surface area contributed by atoms with Crippen molar-refractivity contribution in [3.05, 3.63) is 45.9 Å². The molecular formula is C18H22N2O3S. The second kappa shape index (κ2) is 7.32. The summed E-state index contributed by atoms with van der Waals surface area (Å²) in [6.07, 6.45) is 2.80. The lowest BCUT2D eigenvalue weighted by molar-refractivity contribution is -0.122. The molecule has 6 heteroatoms. The largest absolute Gasteiger partial charge is 0.486 e. The zero-order chi connectivity index (χ0) is 17.0. The highest BCUT2D eigenvalue weighted by Gasteiger charge is 2.34. The Hall–Kier alpha value is -1.92. The molecule has 0 spiro atoms. The SMILES string of the molecule is Cc1ccc(OCc2nc(CC(=O)NCC3(O)CCC3)cs2)cc1. The molecule has 5 nitrogen and oxygen atoms in total. The predicted octanol–water partition coefficient (Wildman–Crippen LogP) is 2.60. The Labute approximate surface area is 145 Å². The fourth-order valence-electron chi connectivity index (χ4n) is 2.53. The average molecular weight is 346 g/mol. The van der Waals surface area contributed by atoms with E-state index < -0.39 is 5.60 Å². The van der Waals surface area contributed by atoms with Crippen LogP contribution in [0.2, 0.25) is 0 Å². The molecule has 1 aromatic carbocycles. The van der Waals surface area contributed by atoms with Gasteiger partial charge in [-0.05, 0) is 38.3 Å². The summed E-state index contributed by atoms with van der Waals surface area (Å²) in [7, 11) is 0. The summed E-state index contributed by atoms with van der Waals surface area (Å²) in [6.45, 7) is 2.76. The van der Waals surface area contributed by atoms with Crippen LogP contribution in [0, 0.1) is 6.92 Å². The lowest BCUT2D eigenvalue weighted by atomic mass is 9.80. The first-order valence-electron chi connectivity index (χ1n) is 8.14. The molecule has 0 unspecified atom stereocenters. The van der Waals surface area contributed by atoms with E-state index in [-0.39, 0.29) is 12.3 Å². The maximum absolute atomic E-state index is 11.9. The summed E-state index contributed by atoms with van der Waals surface area (Å²) in [4.78, 5) is 16.4. The molecule has 1 aliphatic rings. The van der Waals surface area contributed by atoms with E-state index >= 15 is 0 Å². The maximum Gasteiger partial charge on any atom is 0.226 e. The Balaban J connectivity index is 1.44. The van der Waals surface area contributed by atoms with Gasteiger partial charge in [0.1, 0.15) is 17.4 Å². The van der Waals surface area contributed by atoms with E-state index in [2.05, 4.69) is 10.3 Å². The van der Waals surface area contributed by atoms with E-state index in [9.17, 15) is 9.90 Å². The monoisotopic (exact) mass is 346 g/mol. The van der Waals surface area contributed by atoms with E-state index in [0.29, 0.717) is 13.2 Å². The minimum atomic E-state index is -0.690. The van der Waals surface area contributed by atoms with Crippen molar-refractivity contribution >= 4 is 17.2 Å². The van der Waals surface area contributed by atoms with Gasteiger partial charge >= 0.3 is 0 Å². The molecule has 0 saturated heterocycles. The predicted molar refractivity (Wildman–Crippen MR) is 93.1 cm³/mol. The number of benzene rings is 1. The molecule has 1 fully saturated rings. The molecule has 128 valence electrons. The number of nitrogens with zero attached hydrogens (tertiary/aromatic N) is 1. The van der Waals surface area contributed by atoms with E-state index in [1.54, 1.807) is 0 Å². The molecule has 0 bridgehead atoms. The molecule has 3 rings (SSSR count). The molecule has 0 radical (unpaired) electrons. The molecule has 1 heterocycles. The number of carbonyl (C=O) groups is 1. The molecule has 1 amide bonds. The smallest absolute Gasteiger partial charge is 0.226 e. The van der Waals surface area contributed by atoms with Crippen molar-refractivity contribution in [2.45, 2.75) is 44.8 Å². The number of hydrogen-bond acceptors (Lipinski definition) is 5. The quantitative estimate of drug-likeness (QED) is 0.808. The van der Waals surface area contributed by atoms with Crippen molar-refractivity contribution in [2.24, 2.45) is 0 Å². The number of aromatic nitrogens is 1. The molecule has 1 aromatic heterocycles. The molecule has 1 aliphatic carbocycles. The zero-order valence-electron chi connectivity index (χ0n) is 13.7. The molecule has 2 N–H and O–H groups in total. The Kier molecular flexibility index (Phi) is 5.16. The molecule has 0 aliphatic heterocycles. The second-order valence-electron chi connectivity index (χ2n) is 6.37. The third-order valence-corrected chi connectivity index (χ3v) is 5.09. The fourth-order valence-corrected chi connectivity index (χ4v) is 3.23. The lowest BCUT2D eigenvalue weighted by Crippen LogP contribution is -2.48. The van der Waals surface area contributed by atoms with Crippen LogP contribution in [0.3, 0.4) is 0 Å². The summed E-state index contributed by atoms with van der Waals surface area (Å²) < 4.78 is 5.69. The van der Waals surface area contributed by atoms with Gasteiger partial charge in [-0.25, -0.2) is 4.98 Å². The topological polar surface area (TPSA) is 71.5 Å². The number of thiazole rings is 1. The molecule has 24 heavy (non-hydrogen) atoms. The third-order valence-electron chi connectivity index (χ3n) is 4.22. The number of rotatable bonds is 7. The van der Waals surface area contributed by atoms with Gasteiger partial charge in [-0.15, -0.1) is 11.3 Å². The van der Waals surface area contributed by atoms with E-state index in [4.69, 9.17) is 4.74 Å².